The molecule has 0 fully saturated rings. The van der Waals surface area contributed by atoms with Gasteiger partial charge >= 0.3 is 0 Å². The summed E-state index contributed by atoms with van der Waals surface area (Å²) in [6.07, 6.45) is 0. The first-order valence-corrected chi connectivity index (χ1v) is 11.4. The van der Waals surface area contributed by atoms with Gasteiger partial charge in [-0.25, -0.2) is 0 Å². The normalized spacial score (nSPS) is 10.9. The molecule has 0 aliphatic rings. The van der Waals surface area contributed by atoms with Crippen molar-refractivity contribution in [1.29, 1.82) is 0 Å². The van der Waals surface area contributed by atoms with Gasteiger partial charge in [-0.3, -0.25) is 0 Å². The minimum atomic E-state index is 0.888. The van der Waals surface area contributed by atoms with E-state index < -0.39 is 0 Å². The quantitative estimate of drug-likeness (QED) is 0.267. The van der Waals surface area contributed by atoms with Crippen molar-refractivity contribution in [1.82, 2.24) is 0 Å². The number of furan rings is 1. The zero-order valence-corrected chi connectivity index (χ0v) is 18.6. The lowest BCUT2D eigenvalue weighted by atomic mass is 10.0. The number of para-hydroxylation sites is 3. The number of hydrogen-bond acceptors (Lipinski definition) is 2. The number of fused-ring (bicyclic) bond motifs is 1. The number of rotatable bonds is 5. The average molecular weight is 438 g/mol. The van der Waals surface area contributed by atoms with Gasteiger partial charge in [0.25, 0.3) is 0 Å². The molecule has 6 rings (SSSR count). The van der Waals surface area contributed by atoms with Crippen LogP contribution in [-0.2, 0) is 0 Å². The summed E-state index contributed by atoms with van der Waals surface area (Å²) in [6.45, 7) is 0. The first-order valence-electron chi connectivity index (χ1n) is 11.4. The molecule has 2 heteroatoms. The number of benzene rings is 5. The zero-order chi connectivity index (χ0) is 22.7. The van der Waals surface area contributed by atoms with Gasteiger partial charge < -0.3 is 9.32 Å². The van der Waals surface area contributed by atoms with Crippen LogP contribution in [-0.4, -0.2) is 0 Å². The molecule has 1 aromatic heterocycles. The molecular weight excluding hydrogens is 414 g/mol. The average Bonchev–Trinajstić information content (AvgIpc) is 3.35. The maximum Gasteiger partial charge on any atom is 0.135 e. The van der Waals surface area contributed by atoms with Gasteiger partial charge in [0.1, 0.15) is 11.3 Å². The SMILES string of the molecule is c1ccc(N(c2ccccc2)c2ccc(-c3cccc(-c4cc5ccccc5o4)c3)cc2)cc1. The maximum atomic E-state index is 6.09. The van der Waals surface area contributed by atoms with Gasteiger partial charge in [0.2, 0.25) is 0 Å². The number of hydrogen-bond donors (Lipinski definition) is 0. The Morgan fingerprint density at radius 1 is 0.412 bits per heavy atom. The molecule has 2 nitrogen and oxygen atoms in total. The highest BCUT2D eigenvalue weighted by Crippen LogP contribution is 2.36. The molecule has 0 saturated carbocycles. The van der Waals surface area contributed by atoms with E-state index in [0.717, 1.165) is 44.9 Å². The lowest BCUT2D eigenvalue weighted by Gasteiger charge is -2.25. The van der Waals surface area contributed by atoms with Crippen LogP contribution < -0.4 is 4.90 Å². The maximum absolute atomic E-state index is 6.09. The van der Waals surface area contributed by atoms with Crippen molar-refractivity contribution in [3.63, 3.8) is 0 Å². The molecule has 0 atom stereocenters. The molecule has 162 valence electrons. The Morgan fingerprint density at radius 2 is 1.00 bits per heavy atom. The summed E-state index contributed by atoms with van der Waals surface area (Å²) in [6, 6.07) is 48.4. The molecule has 0 radical (unpaired) electrons. The first kappa shape index (κ1) is 20.1. The Balaban J connectivity index is 1.35. The van der Waals surface area contributed by atoms with Gasteiger partial charge in [-0.2, -0.15) is 0 Å². The fourth-order valence-corrected chi connectivity index (χ4v) is 4.38. The van der Waals surface area contributed by atoms with Crippen LogP contribution in [0, 0.1) is 0 Å². The van der Waals surface area contributed by atoms with Crippen LogP contribution in [0.4, 0.5) is 17.1 Å². The van der Waals surface area contributed by atoms with Crippen molar-refractivity contribution in [2.75, 3.05) is 4.90 Å². The van der Waals surface area contributed by atoms with Crippen molar-refractivity contribution >= 4 is 28.0 Å². The minimum Gasteiger partial charge on any atom is -0.456 e. The first-order chi connectivity index (χ1) is 16.8. The molecule has 0 unspecified atom stereocenters. The van der Waals surface area contributed by atoms with Crippen molar-refractivity contribution < 1.29 is 4.42 Å². The second kappa shape index (κ2) is 8.76. The predicted molar refractivity (Wildman–Crippen MR) is 142 cm³/mol. The molecule has 34 heavy (non-hydrogen) atoms. The van der Waals surface area contributed by atoms with Crippen molar-refractivity contribution in [3.05, 3.63) is 140 Å². The van der Waals surface area contributed by atoms with Crippen LogP contribution in [0.5, 0.6) is 0 Å². The van der Waals surface area contributed by atoms with Crippen LogP contribution in [0.25, 0.3) is 33.4 Å². The lowest BCUT2D eigenvalue weighted by molar-refractivity contribution is 0.631. The Hall–Kier alpha value is -4.56. The van der Waals surface area contributed by atoms with Crippen LogP contribution in [0.3, 0.4) is 0 Å². The molecule has 0 amide bonds. The summed E-state index contributed by atoms with van der Waals surface area (Å²) < 4.78 is 6.09. The highest BCUT2D eigenvalue weighted by molar-refractivity contribution is 5.84. The van der Waals surface area contributed by atoms with Crippen LogP contribution in [0.2, 0.25) is 0 Å². The molecule has 0 aliphatic carbocycles. The third-order valence-corrected chi connectivity index (χ3v) is 6.06. The van der Waals surface area contributed by atoms with Gasteiger partial charge in [-0.15, -0.1) is 0 Å². The molecule has 0 spiro atoms. The van der Waals surface area contributed by atoms with Gasteiger partial charge in [0.05, 0.1) is 0 Å². The number of nitrogens with zero attached hydrogens (tertiary/aromatic N) is 1. The fourth-order valence-electron chi connectivity index (χ4n) is 4.38. The van der Waals surface area contributed by atoms with E-state index in [9.17, 15) is 0 Å². The zero-order valence-electron chi connectivity index (χ0n) is 18.6. The van der Waals surface area contributed by atoms with Gasteiger partial charge in [-0.1, -0.05) is 84.9 Å². The van der Waals surface area contributed by atoms with E-state index in [-0.39, 0.29) is 0 Å². The molecule has 0 aliphatic heterocycles. The minimum absolute atomic E-state index is 0.888. The van der Waals surface area contributed by atoms with E-state index in [2.05, 4.69) is 114 Å². The smallest absolute Gasteiger partial charge is 0.135 e. The van der Waals surface area contributed by atoms with Gasteiger partial charge in [0, 0.05) is 28.0 Å². The molecule has 5 aromatic carbocycles. The van der Waals surface area contributed by atoms with E-state index in [0.29, 0.717) is 0 Å². The van der Waals surface area contributed by atoms with Gasteiger partial charge in [0.15, 0.2) is 0 Å². The summed E-state index contributed by atoms with van der Waals surface area (Å²) in [5.74, 6) is 0.888. The highest BCUT2D eigenvalue weighted by atomic mass is 16.3. The van der Waals surface area contributed by atoms with Crippen molar-refractivity contribution in [2.45, 2.75) is 0 Å². The summed E-state index contributed by atoms with van der Waals surface area (Å²) in [7, 11) is 0. The highest BCUT2D eigenvalue weighted by Gasteiger charge is 2.12. The van der Waals surface area contributed by atoms with Crippen molar-refractivity contribution in [2.24, 2.45) is 0 Å². The van der Waals surface area contributed by atoms with Crippen molar-refractivity contribution in [3.8, 4) is 22.5 Å². The van der Waals surface area contributed by atoms with E-state index >= 15 is 0 Å². The Morgan fingerprint density at radius 3 is 1.68 bits per heavy atom. The summed E-state index contributed by atoms with van der Waals surface area (Å²) in [5, 5.41) is 1.12. The van der Waals surface area contributed by atoms with E-state index in [1.807, 2.05) is 30.3 Å². The molecule has 0 saturated heterocycles. The summed E-state index contributed by atoms with van der Waals surface area (Å²) >= 11 is 0. The standard InChI is InChI=1S/C32H23NO/c1-3-13-28(14-4-1)33(29-15-5-2-6-16-29)30-20-18-24(19-21-30)25-11-9-12-26(22-25)32-23-27-10-7-8-17-31(27)34-32/h1-23H. The lowest BCUT2D eigenvalue weighted by Crippen LogP contribution is -2.09. The predicted octanol–water partition coefficient (Wildman–Crippen LogP) is 9.24. The molecule has 0 bridgehead atoms. The third-order valence-electron chi connectivity index (χ3n) is 6.06. The van der Waals surface area contributed by atoms with Crippen LogP contribution in [0.15, 0.2) is 144 Å². The van der Waals surface area contributed by atoms with E-state index in [1.54, 1.807) is 0 Å². The third kappa shape index (κ3) is 3.87. The Bertz CT molecular complexity index is 1460. The van der Waals surface area contributed by atoms with E-state index in [4.69, 9.17) is 4.42 Å². The topological polar surface area (TPSA) is 16.4 Å². The second-order valence-corrected chi connectivity index (χ2v) is 8.28. The van der Waals surface area contributed by atoms with Crippen LogP contribution >= 0.6 is 0 Å². The monoisotopic (exact) mass is 437 g/mol. The molecule has 0 N–H and O–H groups in total. The molecule has 1 heterocycles. The summed E-state index contributed by atoms with van der Waals surface area (Å²) in [5.41, 5.74) is 7.71. The Kier molecular flexibility index (Phi) is 5.17. The summed E-state index contributed by atoms with van der Waals surface area (Å²) in [4.78, 5) is 2.27. The number of anilines is 3. The van der Waals surface area contributed by atoms with Crippen LogP contribution in [0.1, 0.15) is 0 Å². The van der Waals surface area contributed by atoms with E-state index in [1.165, 1.54) is 5.56 Å². The largest absolute Gasteiger partial charge is 0.456 e. The Labute approximate surface area is 199 Å². The molecular formula is C32H23NO. The van der Waals surface area contributed by atoms with Gasteiger partial charge in [-0.05, 0) is 65.7 Å². The fraction of sp³-hybridized carbons (Fsp3) is 0. The second-order valence-electron chi connectivity index (χ2n) is 8.28. The molecule has 6 aromatic rings.